The number of likely N-dealkylation sites (tertiary alicyclic amines) is 2. The average molecular weight is 294 g/mol. The van der Waals surface area contributed by atoms with Crippen LogP contribution in [0.15, 0.2) is 0 Å². The van der Waals surface area contributed by atoms with Crippen LogP contribution in [0.3, 0.4) is 0 Å². The first-order valence-electron chi connectivity index (χ1n) is 8.29. The van der Waals surface area contributed by atoms with E-state index in [0.29, 0.717) is 19.0 Å². The van der Waals surface area contributed by atoms with Gasteiger partial charge in [0.25, 0.3) is 0 Å². The number of amides is 2. The lowest BCUT2D eigenvalue weighted by molar-refractivity contribution is -0.137. The molecule has 2 atom stereocenters. The molecular formula is C17H30N2O2. The second kappa shape index (κ2) is 5.98. The number of hydrogen-bond acceptors (Lipinski definition) is 2. The summed E-state index contributed by atoms with van der Waals surface area (Å²) < 4.78 is 0. The Labute approximate surface area is 128 Å². The molecule has 0 bridgehead atoms. The minimum Gasteiger partial charge on any atom is -0.339 e. The number of nitrogens with zero attached hydrogens (tertiary/aromatic N) is 2. The van der Waals surface area contributed by atoms with Gasteiger partial charge in [-0.25, -0.2) is 0 Å². The first kappa shape index (κ1) is 16.3. The summed E-state index contributed by atoms with van der Waals surface area (Å²) in [4.78, 5) is 28.7. The van der Waals surface area contributed by atoms with Gasteiger partial charge in [0.15, 0.2) is 0 Å². The zero-order valence-corrected chi connectivity index (χ0v) is 14.2. The molecule has 0 spiro atoms. The van der Waals surface area contributed by atoms with Gasteiger partial charge in [-0.1, -0.05) is 20.8 Å². The molecule has 0 aromatic rings. The Morgan fingerprint density at radius 3 is 2.52 bits per heavy atom. The van der Waals surface area contributed by atoms with Gasteiger partial charge in [0.05, 0.1) is 5.92 Å². The maximum absolute atomic E-state index is 12.8. The van der Waals surface area contributed by atoms with E-state index in [1.807, 2.05) is 18.7 Å². The molecular weight excluding hydrogens is 264 g/mol. The van der Waals surface area contributed by atoms with E-state index < -0.39 is 0 Å². The van der Waals surface area contributed by atoms with Crippen LogP contribution in [-0.4, -0.2) is 46.8 Å². The van der Waals surface area contributed by atoms with Crippen LogP contribution >= 0.6 is 0 Å². The minimum absolute atomic E-state index is 0.125. The topological polar surface area (TPSA) is 40.6 Å². The van der Waals surface area contributed by atoms with Crippen LogP contribution in [0.1, 0.15) is 60.3 Å². The van der Waals surface area contributed by atoms with Gasteiger partial charge in [-0.15, -0.1) is 0 Å². The van der Waals surface area contributed by atoms with Crippen molar-refractivity contribution in [3.63, 3.8) is 0 Å². The Morgan fingerprint density at radius 2 is 2.00 bits per heavy atom. The van der Waals surface area contributed by atoms with Gasteiger partial charge < -0.3 is 9.80 Å². The molecule has 2 saturated heterocycles. The molecule has 2 unspecified atom stereocenters. The van der Waals surface area contributed by atoms with Gasteiger partial charge in [0.2, 0.25) is 11.8 Å². The van der Waals surface area contributed by atoms with Gasteiger partial charge in [-0.05, 0) is 38.5 Å². The summed E-state index contributed by atoms with van der Waals surface area (Å²) in [5.41, 5.74) is 0.239. The summed E-state index contributed by atoms with van der Waals surface area (Å²) in [6.07, 6.45) is 3.65. The molecule has 2 heterocycles. The van der Waals surface area contributed by atoms with Crippen LogP contribution in [0, 0.1) is 11.3 Å². The molecule has 0 N–H and O–H groups in total. The molecule has 4 nitrogen and oxygen atoms in total. The van der Waals surface area contributed by atoms with Crippen molar-refractivity contribution in [3.8, 4) is 0 Å². The van der Waals surface area contributed by atoms with E-state index in [2.05, 4.69) is 25.7 Å². The second-order valence-electron chi connectivity index (χ2n) is 8.13. The Morgan fingerprint density at radius 1 is 1.33 bits per heavy atom. The highest BCUT2D eigenvalue weighted by Gasteiger charge is 2.40. The van der Waals surface area contributed by atoms with Crippen LogP contribution in [0.4, 0.5) is 0 Å². The Hall–Kier alpha value is -1.06. The molecule has 2 amide bonds. The largest absolute Gasteiger partial charge is 0.339 e. The number of carbonyl (C=O) groups excluding carboxylic acids is 2. The van der Waals surface area contributed by atoms with E-state index in [1.165, 1.54) is 0 Å². The predicted octanol–water partition coefficient (Wildman–Crippen LogP) is 2.67. The first-order valence-corrected chi connectivity index (χ1v) is 8.29. The van der Waals surface area contributed by atoms with E-state index in [0.717, 1.165) is 25.8 Å². The molecule has 21 heavy (non-hydrogen) atoms. The van der Waals surface area contributed by atoms with Crippen molar-refractivity contribution in [3.05, 3.63) is 0 Å². The number of rotatable bonds is 3. The van der Waals surface area contributed by atoms with Crippen LogP contribution in [0.2, 0.25) is 0 Å². The van der Waals surface area contributed by atoms with E-state index in [1.54, 1.807) is 0 Å². The first-order chi connectivity index (χ1) is 9.69. The van der Waals surface area contributed by atoms with Crippen molar-refractivity contribution in [1.29, 1.82) is 0 Å². The van der Waals surface area contributed by atoms with Crippen molar-refractivity contribution < 1.29 is 9.59 Å². The molecule has 0 radical (unpaired) electrons. The summed E-state index contributed by atoms with van der Waals surface area (Å²) in [6.45, 7) is 12.2. The van der Waals surface area contributed by atoms with Crippen LogP contribution in [0.25, 0.3) is 0 Å². The van der Waals surface area contributed by atoms with E-state index >= 15 is 0 Å². The summed E-state index contributed by atoms with van der Waals surface area (Å²) >= 11 is 0. The van der Waals surface area contributed by atoms with Crippen molar-refractivity contribution in [1.82, 2.24) is 9.80 Å². The highest BCUT2D eigenvalue weighted by molar-refractivity contribution is 5.89. The third-order valence-corrected chi connectivity index (χ3v) is 4.64. The summed E-state index contributed by atoms with van der Waals surface area (Å²) in [5.74, 6) is 0.216. The molecule has 0 aliphatic carbocycles. The SMILES string of the molecule is CC(C)N1CC(C(=O)N2CCCC2CC(C)(C)C)CC1=O. The quantitative estimate of drug-likeness (QED) is 0.803. The van der Waals surface area contributed by atoms with Crippen molar-refractivity contribution in [2.45, 2.75) is 72.4 Å². The lowest BCUT2D eigenvalue weighted by Crippen LogP contribution is -2.42. The highest BCUT2D eigenvalue weighted by atomic mass is 16.2. The van der Waals surface area contributed by atoms with Crippen molar-refractivity contribution in [2.24, 2.45) is 11.3 Å². The van der Waals surface area contributed by atoms with Gasteiger partial charge in [0.1, 0.15) is 0 Å². The summed E-state index contributed by atoms with van der Waals surface area (Å²) in [7, 11) is 0. The molecule has 4 heteroatoms. The zero-order valence-electron chi connectivity index (χ0n) is 14.2. The van der Waals surface area contributed by atoms with E-state index in [9.17, 15) is 9.59 Å². The third kappa shape index (κ3) is 3.78. The maximum atomic E-state index is 12.8. The Balaban J connectivity index is 2.01. The fourth-order valence-electron chi connectivity index (χ4n) is 3.68. The van der Waals surface area contributed by atoms with Gasteiger partial charge in [0, 0.05) is 31.6 Å². The molecule has 120 valence electrons. The number of carbonyl (C=O) groups is 2. The second-order valence-corrected chi connectivity index (χ2v) is 8.13. The monoisotopic (exact) mass is 294 g/mol. The Bertz CT molecular complexity index is 412. The zero-order chi connectivity index (χ0) is 15.8. The molecule has 2 fully saturated rings. The highest BCUT2D eigenvalue weighted by Crippen LogP contribution is 2.32. The molecule has 0 aromatic heterocycles. The smallest absolute Gasteiger partial charge is 0.228 e. The fraction of sp³-hybridized carbons (Fsp3) is 0.882. The van der Waals surface area contributed by atoms with Crippen LogP contribution in [0.5, 0.6) is 0 Å². The van der Waals surface area contributed by atoms with Gasteiger partial charge >= 0.3 is 0 Å². The van der Waals surface area contributed by atoms with Crippen LogP contribution < -0.4 is 0 Å². The maximum Gasteiger partial charge on any atom is 0.228 e. The van der Waals surface area contributed by atoms with E-state index in [4.69, 9.17) is 0 Å². The number of hydrogen-bond donors (Lipinski definition) is 0. The molecule has 2 aliphatic heterocycles. The normalized spacial score (nSPS) is 27.0. The average Bonchev–Trinajstić information content (AvgIpc) is 2.92. The van der Waals surface area contributed by atoms with Crippen LogP contribution in [-0.2, 0) is 9.59 Å². The van der Waals surface area contributed by atoms with Crippen molar-refractivity contribution >= 4 is 11.8 Å². The summed E-state index contributed by atoms with van der Waals surface area (Å²) in [5, 5.41) is 0. The predicted molar refractivity (Wildman–Crippen MR) is 83.8 cm³/mol. The van der Waals surface area contributed by atoms with Crippen molar-refractivity contribution in [2.75, 3.05) is 13.1 Å². The fourth-order valence-corrected chi connectivity index (χ4v) is 3.68. The lowest BCUT2D eigenvalue weighted by atomic mass is 9.87. The van der Waals surface area contributed by atoms with E-state index in [-0.39, 0.29) is 29.2 Å². The van der Waals surface area contributed by atoms with Gasteiger partial charge in [-0.3, -0.25) is 9.59 Å². The molecule has 2 aliphatic rings. The summed E-state index contributed by atoms with van der Waals surface area (Å²) in [6, 6.07) is 0.556. The molecule has 2 rings (SSSR count). The Kier molecular flexibility index (Phi) is 4.64. The van der Waals surface area contributed by atoms with Gasteiger partial charge in [-0.2, -0.15) is 0 Å². The lowest BCUT2D eigenvalue weighted by Gasteiger charge is -2.32. The minimum atomic E-state index is -0.125. The standard InChI is InChI=1S/C17H30N2O2/c1-12(2)19-11-13(9-15(19)20)16(21)18-8-6-7-14(18)10-17(3,4)5/h12-14H,6-11H2,1-5H3. The third-order valence-electron chi connectivity index (χ3n) is 4.64. The molecule has 0 saturated carbocycles. The molecule has 0 aromatic carbocycles.